The molecule has 1 aliphatic rings. The van der Waals surface area contributed by atoms with E-state index in [1.165, 1.54) is 28.7 Å². The van der Waals surface area contributed by atoms with E-state index in [1.807, 2.05) is 6.20 Å². The Morgan fingerprint density at radius 1 is 1.29 bits per heavy atom. The summed E-state index contributed by atoms with van der Waals surface area (Å²) in [5.74, 6) is 4.44. The lowest BCUT2D eigenvalue weighted by Crippen LogP contribution is -2.14. The minimum atomic E-state index is 0.806. The molecule has 1 aliphatic heterocycles. The van der Waals surface area contributed by atoms with Crippen LogP contribution in [0, 0.1) is 5.92 Å². The first kappa shape index (κ1) is 10.9. The van der Waals surface area contributed by atoms with Crippen molar-refractivity contribution in [3.05, 3.63) is 36.5 Å². The van der Waals surface area contributed by atoms with Crippen LogP contribution in [0.25, 0.3) is 10.8 Å². The Hall–Kier alpha value is -1.22. The molecule has 1 aromatic carbocycles. The molecule has 0 radical (unpaired) electrons. The van der Waals surface area contributed by atoms with Gasteiger partial charge in [0.05, 0.1) is 0 Å². The quantitative estimate of drug-likeness (QED) is 0.895. The SMILES string of the molecule is c1ccc2c(NCC3CCSC3)nccc2c1. The largest absolute Gasteiger partial charge is 0.369 e. The summed E-state index contributed by atoms with van der Waals surface area (Å²) in [6, 6.07) is 10.5. The highest BCUT2D eigenvalue weighted by molar-refractivity contribution is 7.99. The minimum Gasteiger partial charge on any atom is -0.369 e. The van der Waals surface area contributed by atoms with E-state index in [2.05, 4.69) is 52.4 Å². The van der Waals surface area contributed by atoms with Crippen molar-refractivity contribution < 1.29 is 0 Å². The number of fused-ring (bicyclic) bond motifs is 1. The van der Waals surface area contributed by atoms with Crippen molar-refractivity contribution in [2.45, 2.75) is 6.42 Å². The Morgan fingerprint density at radius 3 is 3.12 bits per heavy atom. The van der Waals surface area contributed by atoms with E-state index < -0.39 is 0 Å². The highest BCUT2D eigenvalue weighted by Gasteiger charge is 2.15. The molecule has 88 valence electrons. The molecular formula is C14H16N2S. The third-order valence-electron chi connectivity index (χ3n) is 3.26. The Morgan fingerprint density at radius 2 is 2.24 bits per heavy atom. The van der Waals surface area contributed by atoms with E-state index in [1.54, 1.807) is 0 Å². The van der Waals surface area contributed by atoms with Gasteiger partial charge in [0.1, 0.15) is 5.82 Å². The second-order valence-electron chi connectivity index (χ2n) is 4.49. The molecule has 0 aliphatic carbocycles. The van der Waals surface area contributed by atoms with Crippen LogP contribution in [0.5, 0.6) is 0 Å². The predicted octanol–water partition coefficient (Wildman–Crippen LogP) is 3.40. The van der Waals surface area contributed by atoms with E-state index in [0.717, 1.165) is 18.3 Å². The zero-order valence-corrected chi connectivity index (χ0v) is 10.5. The lowest BCUT2D eigenvalue weighted by Gasteiger charge is -2.12. The maximum Gasteiger partial charge on any atom is 0.133 e. The van der Waals surface area contributed by atoms with Crippen molar-refractivity contribution in [3.8, 4) is 0 Å². The standard InChI is InChI=1S/C14H16N2S/c1-2-4-13-12(3-1)5-7-15-14(13)16-9-11-6-8-17-10-11/h1-5,7,11H,6,8-10H2,(H,15,16). The molecule has 1 aromatic heterocycles. The van der Waals surface area contributed by atoms with Crippen LogP contribution < -0.4 is 5.32 Å². The zero-order chi connectivity index (χ0) is 11.5. The van der Waals surface area contributed by atoms with Crippen LogP contribution >= 0.6 is 11.8 Å². The van der Waals surface area contributed by atoms with E-state index in [9.17, 15) is 0 Å². The lowest BCUT2D eigenvalue weighted by molar-refractivity contribution is 0.631. The summed E-state index contributed by atoms with van der Waals surface area (Å²) in [4.78, 5) is 4.45. The number of nitrogens with zero attached hydrogens (tertiary/aromatic N) is 1. The molecule has 0 bridgehead atoms. The van der Waals surface area contributed by atoms with Gasteiger partial charge in [0, 0.05) is 18.1 Å². The molecular weight excluding hydrogens is 228 g/mol. The molecule has 1 fully saturated rings. The van der Waals surface area contributed by atoms with Gasteiger partial charge in [-0.25, -0.2) is 4.98 Å². The molecule has 0 saturated carbocycles. The second-order valence-corrected chi connectivity index (χ2v) is 5.64. The van der Waals surface area contributed by atoms with Crippen molar-refractivity contribution >= 4 is 28.4 Å². The van der Waals surface area contributed by atoms with E-state index >= 15 is 0 Å². The fourth-order valence-corrected chi connectivity index (χ4v) is 3.53. The number of thioether (sulfide) groups is 1. The van der Waals surface area contributed by atoms with Crippen molar-refractivity contribution in [2.75, 3.05) is 23.4 Å². The van der Waals surface area contributed by atoms with Crippen LogP contribution in [-0.2, 0) is 0 Å². The first-order chi connectivity index (χ1) is 8.43. The van der Waals surface area contributed by atoms with E-state index in [0.29, 0.717) is 0 Å². The summed E-state index contributed by atoms with van der Waals surface area (Å²) in [6.45, 7) is 1.05. The Kier molecular flexibility index (Phi) is 3.18. The zero-order valence-electron chi connectivity index (χ0n) is 9.73. The monoisotopic (exact) mass is 244 g/mol. The van der Waals surface area contributed by atoms with Gasteiger partial charge in [-0.05, 0) is 35.3 Å². The first-order valence-electron chi connectivity index (χ1n) is 6.09. The number of hydrogen-bond acceptors (Lipinski definition) is 3. The molecule has 1 N–H and O–H groups in total. The molecule has 3 heteroatoms. The topological polar surface area (TPSA) is 24.9 Å². The van der Waals surface area contributed by atoms with Crippen LogP contribution in [0.2, 0.25) is 0 Å². The van der Waals surface area contributed by atoms with Crippen LogP contribution in [0.1, 0.15) is 6.42 Å². The average molecular weight is 244 g/mol. The van der Waals surface area contributed by atoms with Gasteiger partial charge < -0.3 is 5.32 Å². The minimum absolute atomic E-state index is 0.806. The van der Waals surface area contributed by atoms with Gasteiger partial charge in [0.15, 0.2) is 0 Å². The fraction of sp³-hybridized carbons (Fsp3) is 0.357. The van der Waals surface area contributed by atoms with Gasteiger partial charge in [-0.1, -0.05) is 24.3 Å². The Bertz CT molecular complexity index is 501. The average Bonchev–Trinajstić information content (AvgIpc) is 2.89. The highest BCUT2D eigenvalue weighted by atomic mass is 32.2. The van der Waals surface area contributed by atoms with Crippen molar-refractivity contribution in [3.63, 3.8) is 0 Å². The highest BCUT2D eigenvalue weighted by Crippen LogP contribution is 2.25. The number of rotatable bonds is 3. The molecule has 0 spiro atoms. The number of benzene rings is 1. The number of nitrogens with one attached hydrogen (secondary N) is 1. The molecule has 2 aromatic rings. The summed E-state index contributed by atoms with van der Waals surface area (Å²) in [5.41, 5.74) is 0. The van der Waals surface area contributed by atoms with E-state index in [4.69, 9.17) is 0 Å². The van der Waals surface area contributed by atoms with Gasteiger partial charge in [-0.3, -0.25) is 0 Å². The van der Waals surface area contributed by atoms with Crippen LogP contribution in [0.4, 0.5) is 5.82 Å². The molecule has 3 rings (SSSR count). The molecule has 1 saturated heterocycles. The summed E-state index contributed by atoms with van der Waals surface area (Å²) in [6.07, 6.45) is 3.22. The third-order valence-corrected chi connectivity index (χ3v) is 4.49. The molecule has 0 amide bonds. The number of pyridine rings is 1. The molecule has 17 heavy (non-hydrogen) atoms. The number of hydrogen-bond donors (Lipinski definition) is 1. The van der Waals surface area contributed by atoms with Crippen molar-refractivity contribution in [1.82, 2.24) is 4.98 Å². The maximum absolute atomic E-state index is 4.45. The predicted molar refractivity (Wildman–Crippen MR) is 75.7 cm³/mol. The summed E-state index contributed by atoms with van der Waals surface area (Å²) >= 11 is 2.06. The van der Waals surface area contributed by atoms with Gasteiger partial charge >= 0.3 is 0 Å². The molecule has 1 unspecified atom stereocenters. The van der Waals surface area contributed by atoms with E-state index in [-0.39, 0.29) is 0 Å². The Balaban J connectivity index is 1.79. The van der Waals surface area contributed by atoms with Gasteiger partial charge in [0.25, 0.3) is 0 Å². The summed E-state index contributed by atoms with van der Waals surface area (Å²) < 4.78 is 0. The van der Waals surface area contributed by atoms with Gasteiger partial charge in [0.2, 0.25) is 0 Å². The van der Waals surface area contributed by atoms with Crippen LogP contribution in [-0.4, -0.2) is 23.0 Å². The van der Waals surface area contributed by atoms with Gasteiger partial charge in [-0.15, -0.1) is 0 Å². The van der Waals surface area contributed by atoms with Gasteiger partial charge in [-0.2, -0.15) is 11.8 Å². The maximum atomic E-state index is 4.45. The second kappa shape index (κ2) is 4.96. The number of aromatic nitrogens is 1. The third kappa shape index (κ3) is 2.39. The number of anilines is 1. The fourth-order valence-electron chi connectivity index (χ4n) is 2.25. The lowest BCUT2D eigenvalue weighted by atomic mass is 10.1. The molecule has 1 atom stereocenters. The van der Waals surface area contributed by atoms with Crippen molar-refractivity contribution in [2.24, 2.45) is 5.92 Å². The summed E-state index contributed by atoms with van der Waals surface area (Å²) in [7, 11) is 0. The first-order valence-corrected chi connectivity index (χ1v) is 7.24. The molecule has 2 nitrogen and oxygen atoms in total. The normalized spacial score (nSPS) is 19.6. The summed E-state index contributed by atoms with van der Waals surface area (Å²) in [5, 5.41) is 5.98. The van der Waals surface area contributed by atoms with Crippen LogP contribution in [0.15, 0.2) is 36.5 Å². The van der Waals surface area contributed by atoms with Crippen LogP contribution in [0.3, 0.4) is 0 Å². The molecule has 2 heterocycles. The van der Waals surface area contributed by atoms with Crippen molar-refractivity contribution in [1.29, 1.82) is 0 Å². The Labute approximate surface area is 106 Å². The smallest absolute Gasteiger partial charge is 0.133 e.